The lowest BCUT2D eigenvalue weighted by atomic mass is 10.0. The van der Waals surface area contributed by atoms with Crippen LogP contribution in [0.5, 0.6) is 0 Å². The van der Waals surface area contributed by atoms with Crippen molar-refractivity contribution in [1.29, 1.82) is 0 Å². The molecular weight excluding hydrogens is 865 g/mol. The fourth-order valence-corrected chi connectivity index (χ4v) is 6.76. The van der Waals surface area contributed by atoms with E-state index in [0.717, 1.165) is 25.7 Å². The summed E-state index contributed by atoms with van der Waals surface area (Å²) in [4.78, 5) is 105. The molecule has 0 spiro atoms. The van der Waals surface area contributed by atoms with E-state index in [4.69, 9.17) is 29.5 Å². The van der Waals surface area contributed by atoms with E-state index < -0.39 is 65.5 Å². The number of nitrogens with one attached hydrogen (secondary N) is 8. The molecular formula is C44H80N8O14. The highest BCUT2D eigenvalue weighted by molar-refractivity contribution is 5.97. The summed E-state index contributed by atoms with van der Waals surface area (Å²) in [5.74, 6) is -4.72. The summed E-state index contributed by atoms with van der Waals surface area (Å²) in [6.45, 7) is 2.95. The van der Waals surface area contributed by atoms with Gasteiger partial charge in [0.1, 0.15) is 24.2 Å². The van der Waals surface area contributed by atoms with E-state index >= 15 is 0 Å². The molecule has 0 aliphatic carbocycles. The van der Waals surface area contributed by atoms with Crippen LogP contribution in [0.3, 0.4) is 0 Å². The van der Waals surface area contributed by atoms with Crippen LogP contribution in [-0.4, -0.2) is 172 Å². The third kappa shape index (κ3) is 30.7. The maximum absolute atomic E-state index is 14.1. The number of hydrogen-bond acceptors (Lipinski definition) is 14. The number of carbonyl (C=O) groups is 8. The van der Waals surface area contributed by atoms with Gasteiger partial charge in [0.15, 0.2) is 0 Å². The highest BCUT2D eigenvalue weighted by Gasteiger charge is 2.33. The molecule has 22 heteroatoms. The van der Waals surface area contributed by atoms with Gasteiger partial charge in [-0.15, -0.1) is 0 Å². The summed E-state index contributed by atoms with van der Waals surface area (Å²) in [5, 5.41) is 47.9. The predicted octanol–water partition coefficient (Wildman–Crippen LogP) is -1.53. The van der Waals surface area contributed by atoms with E-state index in [9.17, 15) is 38.4 Å². The topological polar surface area (TPSA) is 321 Å². The van der Waals surface area contributed by atoms with Crippen molar-refractivity contribution < 1.29 is 67.9 Å². The van der Waals surface area contributed by atoms with Gasteiger partial charge in [-0.2, -0.15) is 0 Å². The molecule has 0 bridgehead atoms. The maximum atomic E-state index is 14.1. The molecule has 0 aromatic carbocycles. The van der Waals surface area contributed by atoms with Gasteiger partial charge >= 0.3 is 0 Å². The van der Waals surface area contributed by atoms with E-state index in [-0.39, 0.29) is 136 Å². The van der Waals surface area contributed by atoms with E-state index in [1.165, 1.54) is 32.1 Å². The number of hydrogen-bond donors (Lipinski definition) is 11. The summed E-state index contributed by atoms with van der Waals surface area (Å²) in [6.07, 6.45) is 9.94. The minimum absolute atomic E-state index is 0.0738. The van der Waals surface area contributed by atoms with Gasteiger partial charge in [0.25, 0.3) is 0 Å². The maximum Gasteiger partial charge on any atom is 0.243 e. The molecule has 0 radical (unpaired) electrons. The number of unbranched alkanes of at least 4 members (excludes halogenated alkanes) is 9. The monoisotopic (exact) mass is 945 g/mol. The van der Waals surface area contributed by atoms with E-state index in [2.05, 4.69) is 49.5 Å². The first-order valence-corrected chi connectivity index (χ1v) is 23.8. The van der Waals surface area contributed by atoms with E-state index in [0.29, 0.717) is 13.0 Å². The van der Waals surface area contributed by atoms with Gasteiger partial charge in [-0.3, -0.25) is 38.4 Å². The first-order chi connectivity index (χ1) is 31.9. The van der Waals surface area contributed by atoms with Gasteiger partial charge in [-0.25, -0.2) is 0 Å². The Hall–Kier alpha value is -4.48. The van der Waals surface area contributed by atoms with Crippen molar-refractivity contribution in [2.24, 2.45) is 0 Å². The Morgan fingerprint density at radius 3 is 1.32 bits per heavy atom. The Labute approximate surface area is 389 Å². The van der Waals surface area contributed by atoms with Crippen molar-refractivity contribution in [1.82, 2.24) is 42.5 Å². The van der Waals surface area contributed by atoms with Gasteiger partial charge < -0.3 is 72.1 Å². The number of amides is 8. The Bertz CT molecular complexity index is 1410. The number of aliphatic hydroxyl groups is 3. The van der Waals surface area contributed by atoms with Crippen molar-refractivity contribution in [2.75, 3.05) is 85.6 Å². The zero-order chi connectivity index (χ0) is 48.6. The average molecular weight is 945 g/mol. The summed E-state index contributed by atoms with van der Waals surface area (Å²) in [6, 6.07) is -5.00. The van der Waals surface area contributed by atoms with E-state index in [1.807, 2.05) is 0 Å². The Morgan fingerprint density at radius 2 is 0.924 bits per heavy atom. The second kappa shape index (κ2) is 39.7. The minimum atomic E-state index is -1.45. The predicted molar refractivity (Wildman–Crippen MR) is 242 cm³/mol. The van der Waals surface area contributed by atoms with Crippen LogP contribution in [0.1, 0.15) is 122 Å². The Morgan fingerprint density at radius 1 is 0.530 bits per heavy atom. The Balaban J connectivity index is 3.21. The lowest BCUT2D eigenvalue weighted by molar-refractivity contribution is -0.135. The van der Waals surface area contributed by atoms with Gasteiger partial charge in [-0.05, 0) is 32.1 Å². The molecule has 66 heavy (non-hydrogen) atoms. The van der Waals surface area contributed by atoms with Gasteiger partial charge in [-0.1, -0.05) is 64.7 Å². The summed E-state index contributed by atoms with van der Waals surface area (Å²) in [5.41, 5.74) is 0. The molecule has 8 amide bonds. The number of ether oxygens (including phenoxy) is 3. The van der Waals surface area contributed by atoms with Crippen molar-refractivity contribution >= 4 is 47.3 Å². The molecule has 1 rings (SSSR count). The minimum Gasteiger partial charge on any atom is -0.394 e. The molecule has 0 aromatic heterocycles. The van der Waals surface area contributed by atoms with Crippen molar-refractivity contribution in [3.63, 3.8) is 0 Å². The molecule has 1 fully saturated rings. The van der Waals surface area contributed by atoms with Gasteiger partial charge in [0, 0.05) is 51.9 Å². The zero-order valence-corrected chi connectivity index (χ0v) is 39.1. The number of rotatable bonds is 42. The molecule has 1 saturated heterocycles. The zero-order valence-electron chi connectivity index (χ0n) is 39.1. The smallest absolute Gasteiger partial charge is 0.243 e. The molecule has 0 aromatic rings. The fraction of sp³-hybridized carbons (Fsp3) is 0.818. The second-order valence-electron chi connectivity index (χ2n) is 16.0. The standard InChI is InChI=1S/C44H80N8O14/c1-2-3-4-5-6-7-8-9-10-11-20-48-41(60)33(12-16-37(56)45-21-27-64-30-24-53)50-43(62)35(13-17-38(57)46-22-28-65-31-25-54)52-44(63)36(51-42(61)34-15-19-40(59)49-34)14-18-39(58)47-23-29-66-32-26-55/h33-36,53-55H,2-32H2,1H3,(H,45,56)(H,46,57)(H,47,58)(H,48,60)(H,49,59)(H,50,62)(H,51,61)(H,52,63)/t33-,34-,35-,36-/m0/s1. The first-order valence-electron chi connectivity index (χ1n) is 23.8. The highest BCUT2D eigenvalue weighted by Crippen LogP contribution is 2.12. The molecule has 22 nitrogen and oxygen atoms in total. The number of carbonyl (C=O) groups excluding carboxylic acids is 8. The second-order valence-corrected chi connectivity index (χ2v) is 16.0. The van der Waals surface area contributed by atoms with Crippen molar-refractivity contribution in [2.45, 2.75) is 147 Å². The van der Waals surface area contributed by atoms with Crippen LogP contribution in [0, 0.1) is 0 Å². The van der Waals surface area contributed by atoms with Crippen LogP contribution in [0.15, 0.2) is 0 Å². The molecule has 4 atom stereocenters. The Kier molecular flexibility index (Phi) is 35.8. The fourth-order valence-electron chi connectivity index (χ4n) is 6.76. The summed E-state index contributed by atoms with van der Waals surface area (Å²) in [7, 11) is 0. The normalized spacial score (nSPS) is 14.6. The first kappa shape index (κ1) is 59.5. The van der Waals surface area contributed by atoms with Gasteiger partial charge in [0.2, 0.25) is 47.3 Å². The molecule has 11 N–H and O–H groups in total. The average Bonchev–Trinajstić information content (AvgIpc) is 3.75. The SMILES string of the molecule is CCCCCCCCCCCCNC(=O)[C@H](CCC(=O)NCCOCCO)NC(=O)[C@H](CCC(=O)NCCOCCO)NC(=O)[C@H](CCC(=O)NCCOCCO)NC(=O)[C@@H]1CCC(=O)N1. The lowest BCUT2D eigenvalue weighted by Crippen LogP contribution is -2.58. The third-order valence-corrected chi connectivity index (χ3v) is 10.4. The van der Waals surface area contributed by atoms with Crippen LogP contribution in [-0.2, 0) is 52.6 Å². The summed E-state index contributed by atoms with van der Waals surface area (Å²) >= 11 is 0. The molecule has 0 saturated carbocycles. The van der Waals surface area contributed by atoms with E-state index in [1.54, 1.807) is 0 Å². The lowest BCUT2D eigenvalue weighted by Gasteiger charge is -2.26. The van der Waals surface area contributed by atoms with Crippen LogP contribution in [0.2, 0.25) is 0 Å². The number of aliphatic hydroxyl groups excluding tert-OH is 3. The molecule has 1 aliphatic rings. The quantitative estimate of drug-likeness (QED) is 0.0310. The molecule has 0 unspecified atom stereocenters. The van der Waals surface area contributed by atoms with Crippen LogP contribution < -0.4 is 42.5 Å². The highest BCUT2D eigenvalue weighted by atomic mass is 16.5. The third-order valence-electron chi connectivity index (χ3n) is 10.4. The molecule has 1 heterocycles. The van der Waals surface area contributed by atoms with Crippen LogP contribution in [0.25, 0.3) is 0 Å². The summed E-state index contributed by atoms with van der Waals surface area (Å²) < 4.78 is 15.5. The van der Waals surface area contributed by atoms with Crippen LogP contribution in [0.4, 0.5) is 0 Å². The molecule has 1 aliphatic heterocycles. The van der Waals surface area contributed by atoms with Crippen LogP contribution >= 0.6 is 0 Å². The molecule has 380 valence electrons. The van der Waals surface area contributed by atoms with Crippen molar-refractivity contribution in [3.05, 3.63) is 0 Å². The van der Waals surface area contributed by atoms with Gasteiger partial charge in [0.05, 0.1) is 59.5 Å². The van der Waals surface area contributed by atoms with Crippen molar-refractivity contribution in [3.8, 4) is 0 Å². The largest absolute Gasteiger partial charge is 0.394 e.